The molecule has 0 radical (unpaired) electrons. The number of aliphatic hydroxyl groups is 1. The number of carbonyl (C=O) groups excluding carboxylic acids is 3. The minimum Gasteiger partial charge on any atom is -0.381 e. The highest BCUT2D eigenvalue weighted by Crippen LogP contribution is 2.71. The molecule has 0 spiro atoms. The molecule has 3 saturated carbocycles. The van der Waals surface area contributed by atoms with E-state index < -0.39 is 32.5 Å². The summed E-state index contributed by atoms with van der Waals surface area (Å²) in [5.74, 6) is -0.818. The number of alkyl halides is 2. The van der Waals surface area contributed by atoms with Gasteiger partial charge in [0.1, 0.15) is 5.60 Å². The second kappa shape index (κ2) is 5.77. The highest BCUT2D eigenvalue weighted by Gasteiger charge is 2.72. The van der Waals surface area contributed by atoms with Crippen LogP contribution in [0.4, 0.5) is 0 Å². The molecule has 0 saturated heterocycles. The first-order valence-electron chi connectivity index (χ1n) is 9.54. The lowest BCUT2D eigenvalue weighted by atomic mass is 9.46. The average molecular weight is 411 g/mol. The van der Waals surface area contributed by atoms with Crippen molar-refractivity contribution in [2.24, 2.45) is 22.7 Å². The second-order valence-corrected chi connectivity index (χ2v) is 10.2. The number of ketones is 2. The number of carbonyl (C=O) groups is 3. The first kappa shape index (κ1) is 19.4. The number of halogens is 2. The first-order chi connectivity index (χ1) is 12.5. The van der Waals surface area contributed by atoms with E-state index in [1.54, 1.807) is 12.2 Å². The van der Waals surface area contributed by atoms with Gasteiger partial charge in [-0.3, -0.25) is 14.4 Å². The van der Waals surface area contributed by atoms with Crippen molar-refractivity contribution in [1.82, 2.24) is 0 Å². The summed E-state index contributed by atoms with van der Waals surface area (Å²) >= 11 is 14.3. The molecule has 4 aliphatic rings. The number of fused-ring (bicyclic) bond motifs is 5. The summed E-state index contributed by atoms with van der Waals surface area (Å²) in [5.41, 5.74) is -2.01. The minimum atomic E-state index is -1.68. The van der Waals surface area contributed by atoms with Crippen LogP contribution in [-0.2, 0) is 14.4 Å². The summed E-state index contributed by atoms with van der Waals surface area (Å²) < 4.78 is 0. The van der Waals surface area contributed by atoms with Gasteiger partial charge in [0.15, 0.2) is 12.1 Å². The minimum absolute atomic E-state index is 0.0108. The van der Waals surface area contributed by atoms with E-state index in [1.807, 2.05) is 19.9 Å². The third-order valence-electron chi connectivity index (χ3n) is 8.26. The number of rotatable bonds is 2. The molecule has 4 aliphatic carbocycles. The fraction of sp³-hybridized carbons (Fsp3) is 0.667. The lowest BCUT2D eigenvalue weighted by molar-refractivity contribution is -0.160. The van der Waals surface area contributed by atoms with Gasteiger partial charge in [0, 0.05) is 10.8 Å². The molecule has 7 atom stereocenters. The molecule has 0 aromatic carbocycles. The van der Waals surface area contributed by atoms with Crippen LogP contribution in [0.2, 0.25) is 0 Å². The molecule has 0 bridgehead atoms. The van der Waals surface area contributed by atoms with Crippen LogP contribution in [-0.4, -0.2) is 38.8 Å². The molecule has 0 aromatic heterocycles. The maximum Gasteiger partial charge on any atom is 0.227 e. The maximum absolute atomic E-state index is 12.3. The highest BCUT2D eigenvalue weighted by molar-refractivity contribution is 6.34. The molecule has 27 heavy (non-hydrogen) atoms. The van der Waals surface area contributed by atoms with Crippen LogP contribution in [0.25, 0.3) is 0 Å². The standard InChI is InChI=1S/C21H24Cl2O4/c1-18-7-5-13(25)9-12(18)3-4-15-14-6-8-20(27,17(26)11-24)19(14,2)10-16(22)21(15,18)23/h5,7,9,11,14-16,27H,3-4,6,8,10H2,1-2H3/t14-,15-,16-,18-,19-,20-,21-/m0/s1. The van der Waals surface area contributed by atoms with E-state index in [0.29, 0.717) is 12.8 Å². The predicted molar refractivity (Wildman–Crippen MR) is 103 cm³/mol. The van der Waals surface area contributed by atoms with Crippen LogP contribution in [0.5, 0.6) is 0 Å². The summed E-state index contributed by atoms with van der Waals surface area (Å²) in [5, 5.41) is 10.7. The molecule has 4 nitrogen and oxygen atoms in total. The van der Waals surface area contributed by atoms with Crippen LogP contribution in [0, 0.1) is 22.7 Å². The van der Waals surface area contributed by atoms with E-state index in [4.69, 9.17) is 23.2 Å². The molecular formula is C21H24Cl2O4. The molecule has 3 fully saturated rings. The zero-order chi connectivity index (χ0) is 19.8. The molecule has 1 N–H and O–H groups in total. The van der Waals surface area contributed by atoms with Gasteiger partial charge in [-0.2, -0.15) is 0 Å². The van der Waals surface area contributed by atoms with E-state index in [1.165, 1.54) is 0 Å². The SMILES string of the molecule is C[C@]12C=CC(=O)C=C1CC[C@H]1[C@@H]3CC[C@](O)(C(=O)C=O)[C@@]3(C)C[C@H](Cl)[C@@]12Cl. The van der Waals surface area contributed by atoms with Crippen molar-refractivity contribution < 1.29 is 19.5 Å². The Morgan fingerprint density at radius 3 is 2.67 bits per heavy atom. The summed E-state index contributed by atoms with van der Waals surface area (Å²) in [6, 6.07) is 0. The monoisotopic (exact) mass is 410 g/mol. The molecule has 0 aromatic rings. The fourth-order valence-electron chi connectivity index (χ4n) is 6.65. The predicted octanol–water partition coefficient (Wildman–Crippen LogP) is 3.37. The fourth-order valence-corrected chi connectivity index (χ4v) is 7.88. The van der Waals surface area contributed by atoms with Crippen LogP contribution in [0.3, 0.4) is 0 Å². The third kappa shape index (κ3) is 2.13. The van der Waals surface area contributed by atoms with E-state index in [2.05, 4.69) is 0 Å². The van der Waals surface area contributed by atoms with Gasteiger partial charge < -0.3 is 5.11 Å². The molecular weight excluding hydrogens is 387 g/mol. The van der Waals surface area contributed by atoms with Crippen molar-refractivity contribution in [2.45, 2.75) is 61.8 Å². The maximum atomic E-state index is 12.3. The Bertz CT molecular complexity index is 804. The van der Waals surface area contributed by atoms with Gasteiger partial charge >= 0.3 is 0 Å². The van der Waals surface area contributed by atoms with Gasteiger partial charge in [0.2, 0.25) is 5.78 Å². The van der Waals surface area contributed by atoms with Crippen LogP contribution >= 0.6 is 23.2 Å². The molecule has 0 unspecified atom stereocenters. The molecule has 146 valence electrons. The van der Waals surface area contributed by atoms with Crippen molar-refractivity contribution >= 4 is 41.1 Å². The Balaban J connectivity index is 1.82. The Kier molecular flexibility index (Phi) is 4.14. The van der Waals surface area contributed by atoms with E-state index >= 15 is 0 Å². The van der Waals surface area contributed by atoms with Crippen molar-refractivity contribution in [3.05, 3.63) is 23.8 Å². The quantitative estimate of drug-likeness (QED) is 0.430. The van der Waals surface area contributed by atoms with E-state index in [-0.39, 0.29) is 30.3 Å². The molecule has 6 heteroatoms. The van der Waals surface area contributed by atoms with Crippen molar-refractivity contribution in [3.63, 3.8) is 0 Å². The third-order valence-corrected chi connectivity index (χ3v) is 9.81. The normalized spacial score (nSPS) is 51.1. The number of Topliss-reactive ketones (excluding diaryl/α,β-unsaturated/α-hetero) is 1. The zero-order valence-electron chi connectivity index (χ0n) is 15.5. The Hall–Kier alpha value is -0.970. The summed E-state index contributed by atoms with van der Waals surface area (Å²) in [4.78, 5) is 34.6. The topological polar surface area (TPSA) is 71.4 Å². The average Bonchev–Trinajstić information content (AvgIpc) is 2.88. The van der Waals surface area contributed by atoms with E-state index in [0.717, 1.165) is 18.4 Å². The molecule has 4 rings (SSSR count). The van der Waals surface area contributed by atoms with E-state index in [9.17, 15) is 19.5 Å². The smallest absolute Gasteiger partial charge is 0.227 e. The lowest BCUT2D eigenvalue weighted by Gasteiger charge is -2.63. The van der Waals surface area contributed by atoms with Crippen molar-refractivity contribution in [3.8, 4) is 0 Å². The Labute approximate surface area is 169 Å². The van der Waals surface area contributed by atoms with Crippen molar-refractivity contribution in [2.75, 3.05) is 0 Å². The Morgan fingerprint density at radius 1 is 1.30 bits per heavy atom. The zero-order valence-corrected chi connectivity index (χ0v) is 17.0. The van der Waals surface area contributed by atoms with Gasteiger partial charge in [-0.05, 0) is 56.1 Å². The van der Waals surface area contributed by atoms with Crippen LogP contribution < -0.4 is 0 Å². The molecule has 0 amide bonds. The summed E-state index contributed by atoms with van der Waals surface area (Å²) in [6.07, 6.45) is 8.09. The van der Waals surface area contributed by atoms with Crippen molar-refractivity contribution in [1.29, 1.82) is 0 Å². The second-order valence-electron chi connectivity index (χ2n) is 9.10. The Morgan fingerprint density at radius 2 is 2.00 bits per heavy atom. The molecule has 0 heterocycles. The first-order valence-corrected chi connectivity index (χ1v) is 10.4. The van der Waals surface area contributed by atoms with Gasteiger partial charge in [-0.1, -0.05) is 25.5 Å². The lowest BCUT2D eigenvalue weighted by Crippen LogP contribution is -2.67. The largest absolute Gasteiger partial charge is 0.381 e. The van der Waals surface area contributed by atoms with Gasteiger partial charge in [-0.25, -0.2) is 0 Å². The number of aldehydes is 1. The van der Waals surface area contributed by atoms with Crippen LogP contribution in [0.1, 0.15) is 46.0 Å². The summed E-state index contributed by atoms with van der Waals surface area (Å²) in [6.45, 7) is 3.92. The summed E-state index contributed by atoms with van der Waals surface area (Å²) in [7, 11) is 0. The van der Waals surface area contributed by atoms with Gasteiger partial charge in [0.05, 0.1) is 10.3 Å². The number of hydrogen-bond donors (Lipinski definition) is 1. The highest BCUT2D eigenvalue weighted by atomic mass is 35.5. The van der Waals surface area contributed by atoms with Gasteiger partial charge in [0.25, 0.3) is 0 Å². The molecule has 0 aliphatic heterocycles. The number of hydrogen-bond acceptors (Lipinski definition) is 4. The van der Waals surface area contributed by atoms with Gasteiger partial charge in [-0.15, -0.1) is 23.2 Å². The number of allylic oxidation sites excluding steroid dienone is 4. The van der Waals surface area contributed by atoms with Crippen LogP contribution in [0.15, 0.2) is 23.8 Å².